The number of rotatable bonds is 3. The molecule has 0 atom stereocenters. The highest BCUT2D eigenvalue weighted by molar-refractivity contribution is 7.16. The van der Waals surface area contributed by atoms with Crippen LogP contribution in [0.3, 0.4) is 0 Å². The number of esters is 1. The van der Waals surface area contributed by atoms with Crippen molar-refractivity contribution in [1.29, 1.82) is 0 Å². The molecule has 0 spiro atoms. The van der Waals surface area contributed by atoms with Crippen LogP contribution >= 0.6 is 11.3 Å². The SMILES string of the molecule is COC(=O)C(C)(C)Cn1cnc2sccc2c1=O. The average Bonchev–Trinajstić information content (AvgIpc) is 2.80. The molecular weight excluding hydrogens is 252 g/mol. The van der Waals surface area contributed by atoms with Crippen molar-refractivity contribution in [1.82, 2.24) is 9.55 Å². The summed E-state index contributed by atoms with van der Waals surface area (Å²) in [6.45, 7) is 3.73. The van der Waals surface area contributed by atoms with E-state index in [1.54, 1.807) is 19.9 Å². The molecule has 2 aromatic heterocycles. The Kier molecular flexibility index (Phi) is 3.21. The number of hydrogen-bond donors (Lipinski definition) is 0. The van der Waals surface area contributed by atoms with Gasteiger partial charge in [-0.1, -0.05) is 0 Å². The van der Waals surface area contributed by atoms with Crippen molar-refractivity contribution in [3.8, 4) is 0 Å². The maximum atomic E-state index is 12.2. The van der Waals surface area contributed by atoms with Crippen molar-refractivity contribution in [3.63, 3.8) is 0 Å². The second kappa shape index (κ2) is 4.53. The van der Waals surface area contributed by atoms with Gasteiger partial charge < -0.3 is 4.74 Å². The Hall–Kier alpha value is -1.69. The molecule has 2 heterocycles. The number of ether oxygens (including phenoxy) is 1. The van der Waals surface area contributed by atoms with Crippen molar-refractivity contribution in [2.24, 2.45) is 5.41 Å². The molecule has 18 heavy (non-hydrogen) atoms. The van der Waals surface area contributed by atoms with E-state index in [9.17, 15) is 9.59 Å². The zero-order chi connectivity index (χ0) is 13.3. The topological polar surface area (TPSA) is 61.2 Å². The van der Waals surface area contributed by atoms with E-state index in [0.29, 0.717) is 10.2 Å². The summed E-state index contributed by atoms with van der Waals surface area (Å²) in [6.07, 6.45) is 1.48. The molecule has 0 aliphatic heterocycles. The van der Waals surface area contributed by atoms with E-state index < -0.39 is 5.41 Å². The van der Waals surface area contributed by atoms with Crippen molar-refractivity contribution >= 4 is 27.5 Å². The van der Waals surface area contributed by atoms with E-state index in [0.717, 1.165) is 0 Å². The number of hydrogen-bond acceptors (Lipinski definition) is 5. The van der Waals surface area contributed by atoms with Crippen LogP contribution in [0.15, 0.2) is 22.6 Å². The Labute approximate surface area is 108 Å². The van der Waals surface area contributed by atoms with Gasteiger partial charge in [0.15, 0.2) is 0 Å². The van der Waals surface area contributed by atoms with Crippen molar-refractivity contribution in [3.05, 3.63) is 28.1 Å². The van der Waals surface area contributed by atoms with Gasteiger partial charge >= 0.3 is 5.97 Å². The summed E-state index contributed by atoms with van der Waals surface area (Å²) in [6, 6.07) is 1.75. The highest BCUT2D eigenvalue weighted by Crippen LogP contribution is 2.20. The van der Waals surface area contributed by atoms with Crippen molar-refractivity contribution in [2.45, 2.75) is 20.4 Å². The van der Waals surface area contributed by atoms with Crippen molar-refractivity contribution < 1.29 is 9.53 Å². The quantitative estimate of drug-likeness (QED) is 0.793. The fraction of sp³-hybridized carbons (Fsp3) is 0.417. The highest BCUT2D eigenvalue weighted by atomic mass is 32.1. The molecule has 0 unspecified atom stereocenters. The molecule has 0 amide bonds. The molecule has 5 nitrogen and oxygen atoms in total. The van der Waals surface area contributed by atoms with Crippen molar-refractivity contribution in [2.75, 3.05) is 7.11 Å². The molecule has 2 aromatic rings. The first-order valence-corrected chi connectivity index (χ1v) is 6.35. The molecule has 0 saturated carbocycles. The minimum Gasteiger partial charge on any atom is -0.469 e. The Morgan fingerprint density at radius 2 is 2.28 bits per heavy atom. The molecule has 6 heteroatoms. The third-order valence-corrected chi connectivity index (χ3v) is 3.57. The molecule has 0 fully saturated rings. The van der Waals surface area contributed by atoms with Gasteiger partial charge in [-0.15, -0.1) is 11.3 Å². The number of thiophene rings is 1. The minimum absolute atomic E-state index is 0.127. The van der Waals surface area contributed by atoms with Gasteiger partial charge in [0.05, 0.1) is 24.2 Å². The lowest BCUT2D eigenvalue weighted by Gasteiger charge is -2.22. The molecule has 0 saturated heterocycles. The van der Waals surface area contributed by atoms with Crippen LogP contribution in [0, 0.1) is 5.41 Å². The first-order valence-electron chi connectivity index (χ1n) is 5.47. The van der Waals surface area contributed by atoms with Crippen LogP contribution in [-0.2, 0) is 16.1 Å². The highest BCUT2D eigenvalue weighted by Gasteiger charge is 2.29. The molecule has 96 valence electrons. The Morgan fingerprint density at radius 1 is 1.56 bits per heavy atom. The Morgan fingerprint density at radius 3 is 2.94 bits per heavy atom. The van der Waals surface area contributed by atoms with Crippen LogP contribution in [0.2, 0.25) is 0 Å². The number of methoxy groups -OCH3 is 1. The van der Waals surface area contributed by atoms with Crippen LogP contribution in [-0.4, -0.2) is 22.6 Å². The zero-order valence-electron chi connectivity index (χ0n) is 10.5. The maximum absolute atomic E-state index is 12.2. The molecule has 0 aromatic carbocycles. The average molecular weight is 266 g/mol. The molecule has 0 aliphatic carbocycles. The summed E-state index contributed by atoms with van der Waals surface area (Å²) >= 11 is 1.42. The van der Waals surface area contributed by atoms with Gasteiger partial charge in [0.2, 0.25) is 0 Å². The number of carbonyl (C=O) groups excluding carboxylic acids is 1. The van der Waals surface area contributed by atoms with Gasteiger partial charge in [-0.05, 0) is 25.3 Å². The van der Waals surface area contributed by atoms with Gasteiger partial charge in [0, 0.05) is 6.54 Å². The van der Waals surface area contributed by atoms with E-state index in [4.69, 9.17) is 4.74 Å². The van der Waals surface area contributed by atoms with Crippen LogP contribution < -0.4 is 5.56 Å². The van der Waals surface area contributed by atoms with E-state index >= 15 is 0 Å². The molecular formula is C12H14N2O3S. The van der Waals surface area contributed by atoms with Gasteiger partial charge in [-0.25, -0.2) is 4.98 Å². The first kappa shape index (κ1) is 12.8. The van der Waals surface area contributed by atoms with E-state index in [1.165, 1.54) is 29.3 Å². The standard InChI is InChI=1S/C12H14N2O3S/c1-12(2,11(16)17-3)6-14-7-13-9-8(10(14)15)4-5-18-9/h4-5,7H,6H2,1-3H3. The summed E-state index contributed by atoms with van der Waals surface area (Å²) < 4.78 is 6.18. The maximum Gasteiger partial charge on any atom is 0.313 e. The Bertz CT molecular complexity index is 642. The number of nitrogens with zero attached hydrogens (tertiary/aromatic N) is 2. The summed E-state index contributed by atoms with van der Waals surface area (Å²) in [5, 5.41) is 2.41. The van der Waals surface area contributed by atoms with Gasteiger partial charge in [-0.2, -0.15) is 0 Å². The number of carbonyl (C=O) groups is 1. The summed E-state index contributed by atoms with van der Waals surface area (Å²) in [5.41, 5.74) is -0.887. The molecule has 2 rings (SSSR count). The predicted octanol–water partition coefficient (Wildman–Crippen LogP) is 1.66. The van der Waals surface area contributed by atoms with Crippen LogP contribution in [0.1, 0.15) is 13.8 Å². The monoisotopic (exact) mass is 266 g/mol. The third kappa shape index (κ3) is 2.15. The van der Waals surface area contributed by atoms with Gasteiger partial charge in [0.1, 0.15) is 4.83 Å². The second-order valence-electron chi connectivity index (χ2n) is 4.69. The van der Waals surface area contributed by atoms with Crippen LogP contribution in [0.4, 0.5) is 0 Å². The normalized spacial score (nSPS) is 11.7. The molecule has 0 radical (unpaired) electrons. The van der Waals surface area contributed by atoms with Gasteiger partial charge in [0.25, 0.3) is 5.56 Å². The van der Waals surface area contributed by atoms with E-state index in [1.807, 2.05) is 5.38 Å². The number of fused-ring (bicyclic) bond motifs is 1. The van der Waals surface area contributed by atoms with Gasteiger partial charge in [-0.3, -0.25) is 14.2 Å². The van der Waals surface area contributed by atoms with E-state index in [-0.39, 0.29) is 18.1 Å². The minimum atomic E-state index is -0.760. The fourth-order valence-electron chi connectivity index (χ4n) is 1.77. The van der Waals surface area contributed by atoms with E-state index in [2.05, 4.69) is 4.98 Å². The largest absolute Gasteiger partial charge is 0.469 e. The lowest BCUT2D eigenvalue weighted by atomic mass is 9.93. The van der Waals surface area contributed by atoms with Crippen LogP contribution in [0.5, 0.6) is 0 Å². The molecule has 0 N–H and O–H groups in total. The Balaban J connectivity index is 2.41. The summed E-state index contributed by atoms with van der Waals surface area (Å²) in [4.78, 5) is 28.7. The summed E-state index contributed by atoms with van der Waals surface area (Å²) in [7, 11) is 1.34. The lowest BCUT2D eigenvalue weighted by molar-refractivity contribution is -0.151. The smallest absolute Gasteiger partial charge is 0.313 e. The predicted molar refractivity (Wildman–Crippen MR) is 69.7 cm³/mol. The third-order valence-electron chi connectivity index (χ3n) is 2.75. The molecule has 0 bridgehead atoms. The fourth-order valence-corrected chi connectivity index (χ4v) is 2.50. The first-order chi connectivity index (χ1) is 8.45. The second-order valence-corrected chi connectivity index (χ2v) is 5.59. The van der Waals surface area contributed by atoms with Crippen LogP contribution in [0.25, 0.3) is 10.2 Å². The lowest BCUT2D eigenvalue weighted by Crippen LogP contribution is -2.34. The number of aromatic nitrogens is 2. The summed E-state index contributed by atoms with van der Waals surface area (Å²) in [5.74, 6) is -0.347. The zero-order valence-corrected chi connectivity index (χ0v) is 11.3. The molecule has 0 aliphatic rings.